The first kappa shape index (κ1) is 13.5. The molecule has 20 heavy (non-hydrogen) atoms. The normalized spacial score (nSPS) is 10.7. The highest BCUT2D eigenvalue weighted by Crippen LogP contribution is 2.33. The van der Waals surface area contributed by atoms with Gasteiger partial charge in [-0.25, -0.2) is 15.0 Å². The topological polar surface area (TPSA) is 64.7 Å². The number of nitrogen functional groups attached to an aromatic ring is 1. The van der Waals surface area contributed by atoms with Gasteiger partial charge in [0.25, 0.3) is 0 Å². The number of rotatable bonds is 2. The van der Waals surface area contributed by atoms with E-state index in [1.807, 2.05) is 30.3 Å². The van der Waals surface area contributed by atoms with Crippen LogP contribution in [0.4, 0.5) is 5.82 Å². The van der Waals surface area contributed by atoms with Crippen LogP contribution in [0.25, 0.3) is 22.1 Å². The Kier molecular flexibility index (Phi) is 3.69. The van der Waals surface area contributed by atoms with E-state index in [0.717, 1.165) is 11.3 Å². The zero-order valence-corrected chi connectivity index (χ0v) is 13.2. The van der Waals surface area contributed by atoms with Gasteiger partial charge in [0.15, 0.2) is 10.8 Å². The van der Waals surface area contributed by atoms with E-state index >= 15 is 0 Å². The van der Waals surface area contributed by atoms with Crippen LogP contribution >= 0.6 is 38.9 Å². The van der Waals surface area contributed by atoms with Crippen LogP contribution in [0.15, 0.2) is 41.0 Å². The lowest BCUT2D eigenvalue weighted by Gasteiger charge is -2.07. The standard InChI is InChI=1S/C13H8BrClN4S/c14-9-10(7-4-2-1-3-5-7)18-12(19-11(9)16)13-17-6-8(15)20-13/h1-6H,(H2,16,18,19). The second-order valence-corrected chi connectivity index (χ2v) is 6.39. The Morgan fingerprint density at radius 2 is 1.90 bits per heavy atom. The van der Waals surface area contributed by atoms with E-state index < -0.39 is 0 Å². The summed E-state index contributed by atoms with van der Waals surface area (Å²) >= 11 is 10.7. The first-order valence-corrected chi connectivity index (χ1v) is 7.64. The molecule has 0 spiro atoms. The SMILES string of the molecule is Nc1nc(-c2ncc(Cl)s2)nc(-c2ccccc2)c1Br. The third kappa shape index (κ3) is 2.54. The molecule has 100 valence electrons. The van der Waals surface area contributed by atoms with Crippen LogP contribution in [-0.4, -0.2) is 15.0 Å². The lowest BCUT2D eigenvalue weighted by molar-refractivity contribution is 1.16. The van der Waals surface area contributed by atoms with Gasteiger partial charge in [0.2, 0.25) is 0 Å². The maximum atomic E-state index is 5.95. The molecule has 2 heterocycles. The molecule has 0 radical (unpaired) electrons. The number of aromatic nitrogens is 3. The number of nitrogens with zero attached hydrogens (tertiary/aromatic N) is 3. The number of nitrogens with two attached hydrogens (primary N) is 1. The van der Waals surface area contributed by atoms with E-state index in [9.17, 15) is 0 Å². The van der Waals surface area contributed by atoms with Crippen LogP contribution in [0.3, 0.4) is 0 Å². The van der Waals surface area contributed by atoms with Crippen LogP contribution in [-0.2, 0) is 0 Å². The van der Waals surface area contributed by atoms with Crippen molar-refractivity contribution in [2.45, 2.75) is 0 Å². The van der Waals surface area contributed by atoms with E-state index in [0.29, 0.717) is 25.5 Å². The summed E-state index contributed by atoms with van der Waals surface area (Å²) in [6.45, 7) is 0. The number of anilines is 1. The van der Waals surface area contributed by atoms with E-state index in [2.05, 4.69) is 30.9 Å². The molecule has 3 aromatic rings. The first-order chi connectivity index (χ1) is 9.65. The molecule has 2 aromatic heterocycles. The number of benzene rings is 1. The monoisotopic (exact) mass is 366 g/mol. The average Bonchev–Trinajstić information content (AvgIpc) is 2.89. The van der Waals surface area contributed by atoms with Gasteiger partial charge in [0.05, 0.1) is 16.4 Å². The molecule has 1 aromatic carbocycles. The van der Waals surface area contributed by atoms with Crippen molar-refractivity contribution >= 4 is 44.7 Å². The Hall–Kier alpha value is -1.50. The summed E-state index contributed by atoms with van der Waals surface area (Å²) in [4.78, 5) is 13.0. The number of hydrogen-bond acceptors (Lipinski definition) is 5. The van der Waals surface area contributed by atoms with Crippen LogP contribution in [0.2, 0.25) is 4.34 Å². The van der Waals surface area contributed by atoms with E-state index in [4.69, 9.17) is 17.3 Å². The largest absolute Gasteiger partial charge is 0.383 e. The van der Waals surface area contributed by atoms with Crippen molar-refractivity contribution in [3.8, 4) is 22.1 Å². The van der Waals surface area contributed by atoms with Crippen LogP contribution < -0.4 is 5.73 Å². The summed E-state index contributed by atoms with van der Waals surface area (Å²) in [5.41, 5.74) is 7.64. The maximum Gasteiger partial charge on any atom is 0.191 e. The molecule has 0 saturated heterocycles. The van der Waals surface area contributed by atoms with E-state index in [-0.39, 0.29) is 0 Å². The highest BCUT2D eigenvalue weighted by Gasteiger charge is 2.15. The van der Waals surface area contributed by atoms with Gasteiger partial charge in [-0.3, -0.25) is 0 Å². The zero-order chi connectivity index (χ0) is 14.1. The fourth-order valence-electron chi connectivity index (χ4n) is 1.71. The molecule has 0 fully saturated rings. The Morgan fingerprint density at radius 3 is 2.55 bits per heavy atom. The molecule has 0 aliphatic carbocycles. The van der Waals surface area contributed by atoms with Crippen molar-refractivity contribution in [1.82, 2.24) is 15.0 Å². The van der Waals surface area contributed by atoms with Crippen molar-refractivity contribution in [3.05, 3.63) is 45.3 Å². The van der Waals surface area contributed by atoms with Crippen molar-refractivity contribution in [2.75, 3.05) is 5.73 Å². The second kappa shape index (κ2) is 5.47. The Labute approximate surface area is 132 Å². The fraction of sp³-hybridized carbons (Fsp3) is 0. The molecule has 0 atom stereocenters. The first-order valence-electron chi connectivity index (χ1n) is 5.65. The highest BCUT2D eigenvalue weighted by atomic mass is 79.9. The van der Waals surface area contributed by atoms with Gasteiger partial charge >= 0.3 is 0 Å². The molecule has 0 unspecified atom stereocenters. The Balaban J connectivity index is 2.18. The van der Waals surface area contributed by atoms with Crippen molar-refractivity contribution in [3.63, 3.8) is 0 Å². The third-order valence-electron chi connectivity index (χ3n) is 2.59. The maximum absolute atomic E-state index is 5.95. The molecule has 7 heteroatoms. The van der Waals surface area contributed by atoms with Gasteiger partial charge in [-0.2, -0.15) is 0 Å². The zero-order valence-electron chi connectivity index (χ0n) is 10.0. The average molecular weight is 368 g/mol. The van der Waals surface area contributed by atoms with E-state index in [1.54, 1.807) is 6.20 Å². The highest BCUT2D eigenvalue weighted by molar-refractivity contribution is 9.10. The molecule has 2 N–H and O–H groups in total. The molecular formula is C13H8BrClN4S. The minimum absolute atomic E-state index is 0.375. The van der Waals surface area contributed by atoms with Crippen LogP contribution in [0.5, 0.6) is 0 Å². The summed E-state index contributed by atoms with van der Waals surface area (Å²) in [7, 11) is 0. The van der Waals surface area contributed by atoms with Gasteiger partial charge in [0, 0.05) is 5.56 Å². The number of thiazole rings is 1. The van der Waals surface area contributed by atoms with Crippen molar-refractivity contribution in [2.24, 2.45) is 0 Å². The summed E-state index contributed by atoms with van der Waals surface area (Å²) in [5, 5.41) is 0.645. The minimum Gasteiger partial charge on any atom is -0.383 e. The van der Waals surface area contributed by atoms with E-state index in [1.165, 1.54) is 11.3 Å². The molecular weight excluding hydrogens is 360 g/mol. The summed E-state index contributed by atoms with van der Waals surface area (Å²) < 4.78 is 1.27. The summed E-state index contributed by atoms with van der Waals surface area (Å²) in [6, 6.07) is 9.76. The molecule has 0 aliphatic rings. The summed E-state index contributed by atoms with van der Waals surface area (Å²) in [5.74, 6) is 0.849. The number of hydrogen-bond donors (Lipinski definition) is 1. The lowest BCUT2D eigenvalue weighted by atomic mass is 10.1. The van der Waals surface area contributed by atoms with Gasteiger partial charge in [-0.05, 0) is 15.9 Å². The Morgan fingerprint density at radius 1 is 1.15 bits per heavy atom. The van der Waals surface area contributed by atoms with Crippen molar-refractivity contribution in [1.29, 1.82) is 0 Å². The van der Waals surface area contributed by atoms with Crippen LogP contribution in [0.1, 0.15) is 0 Å². The quantitative estimate of drug-likeness (QED) is 0.735. The molecule has 0 bridgehead atoms. The smallest absolute Gasteiger partial charge is 0.191 e. The molecule has 0 amide bonds. The van der Waals surface area contributed by atoms with Crippen LogP contribution in [0, 0.1) is 0 Å². The van der Waals surface area contributed by atoms with Gasteiger partial charge < -0.3 is 5.73 Å². The fourth-order valence-corrected chi connectivity index (χ4v) is 2.96. The molecule has 3 rings (SSSR count). The summed E-state index contributed by atoms with van der Waals surface area (Å²) in [6.07, 6.45) is 1.57. The molecule has 0 saturated carbocycles. The third-order valence-corrected chi connectivity index (χ3v) is 4.49. The molecule has 0 aliphatic heterocycles. The lowest BCUT2D eigenvalue weighted by Crippen LogP contribution is -2.00. The second-order valence-electron chi connectivity index (χ2n) is 3.93. The molecule has 4 nitrogen and oxygen atoms in total. The Bertz CT molecular complexity index is 760. The number of halogens is 2. The predicted octanol–water partition coefficient (Wildman–Crippen LogP) is 4.27. The van der Waals surface area contributed by atoms with Gasteiger partial charge in [-0.15, -0.1) is 0 Å². The van der Waals surface area contributed by atoms with Gasteiger partial charge in [0.1, 0.15) is 10.2 Å². The minimum atomic E-state index is 0.375. The van der Waals surface area contributed by atoms with Gasteiger partial charge in [-0.1, -0.05) is 53.3 Å². The predicted molar refractivity (Wildman–Crippen MR) is 85.7 cm³/mol. The van der Waals surface area contributed by atoms with Crippen molar-refractivity contribution < 1.29 is 0 Å².